The second-order valence-corrected chi connectivity index (χ2v) is 5.81. The Morgan fingerprint density at radius 2 is 1.54 bits per heavy atom. The zero-order valence-corrected chi connectivity index (χ0v) is 13.7. The molecule has 0 radical (unpaired) electrons. The van der Waals surface area contributed by atoms with Crippen molar-refractivity contribution in [2.24, 2.45) is 0 Å². The third kappa shape index (κ3) is 5.06. The van der Waals surface area contributed by atoms with Gasteiger partial charge in [-0.15, -0.1) is 0 Å². The molecule has 2 unspecified atom stereocenters. The third-order valence-corrected chi connectivity index (χ3v) is 3.71. The first-order valence-electron chi connectivity index (χ1n) is 7.86. The van der Waals surface area contributed by atoms with Crippen LogP contribution in [-0.4, -0.2) is 35.1 Å². The molecule has 0 aromatic heterocycles. The fourth-order valence-electron chi connectivity index (χ4n) is 2.68. The first-order chi connectivity index (χ1) is 11.3. The lowest BCUT2D eigenvalue weighted by molar-refractivity contribution is -0.132. The summed E-state index contributed by atoms with van der Waals surface area (Å²) in [4.78, 5) is 34.7. The van der Waals surface area contributed by atoms with Crippen LogP contribution in [0.15, 0.2) is 18.2 Å². The van der Waals surface area contributed by atoms with Gasteiger partial charge in [0.15, 0.2) is 0 Å². The summed E-state index contributed by atoms with van der Waals surface area (Å²) in [5.41, 5.74) is 0.183. The molecule has 0 aliphatic heterocycles. The van der Waals surface area contributed by atoms with E-state index in [1.807, 2.05) is 0 Å². The maximum absolute atomic E-state index is 12.4. The molecule has 7 heteroatoms. The Labute approximate surface area is 139 Å². The topological polar surface area (TPSA) is 102 Å². The summed E-state index contributed by atoms with van der Waals surface area (Å²) in [6, 6.07) is 3.81. The van der Waals surface area contributed by atoms with Gasteiger partial charge in [0.05, 0.1) is 12.1 Å². The normalized spacial score (nSPS) is 20.1. The molecule has 1 fully saturated rings. The monoisotopic (exact) mass is 335 g/mol. The number of benzene rings is 1. The van der Waals surface area contributed by atoms with E-state index in [1.165, 1.54) is 32.0 Å². The Balaban J connectivity index is 2.20. The first kappa shape index (κ1) is 17.9. The lowest BCUT2D eigenvalue weighted by Crippen LogP contribution is -2.45. The van der Waals surface area contributed by atoms with Gasteiger partial charge in [-0.3, -0.25) is 14.4 Å². The molecule has 130 valence electrons. The van der Waals surface area contributed by atoms with Gasteiger partial charge in [-0.1, -0.05) is 12.8 Å². The van der Waals surface area contributed by atoms with Crippen LogP contribution in [-0.2, 0) is 9.59 Å². The van der Waals surface area contributed by atoms with Crippen LogP contribution in [0.1, 0.15) is 49.9 Å². The Morgan fingerprint density at radius 3 is 2.04 bits per heavy atom. The summed E-state index contributed by atoms with van der Waals surface area (Å²) >= 11 is 0. The van der Waals surface area contributed by atoms with Crippen LogP contribution in [0.5, 0.6) is 11.5 Å². The van der Waals surface area contributed by atoms with E-state index in [9.17, 15) is 19.5 Å². The number of esters is 2. The molecule has 24 heavy (non-hydrogen) atoms. The lowest BCUT2D eigenvalue weighted by Gasteiger charge is -2.28. The van der Waals surface area contributed by atoms with Gasteiger partial charge in [-0.25, -0.2) is 0 Å². The summed E-state index contributed by atoms with van der Waals surface area (Å²) in [5, 5.41) is 12.7. The number of aliphatic hydroxyl groups is 1. The van der Waals surface area contributed by atoms with Crippen molar-refractivity contribution in [3.63, 3.8) is 0 Å². The van der Waals surface area contributed by atoms with Gasteiger partial charge in [0, 0.05) is 25.5 Å². The second-order valence-electron chi connectivity index (χ2n) is 5.81. The van der Waals surface area contributed by atoms with Crippen molar-refractivity contribution < 1.29 is 29.0 Å². The molecule has 1 saturated carbocycles. The average Bonchev–Trinajstić information content (AvgIpc) is 2.48. The highest BCUT2D eigenvalue weighted by atomic mass is 16.5. The summed E-state index contributed by atoms with van der Waals surface area (Å²) in [7, 11) is 0. The number of nitrogens with one attached hydrogen (secondary N) is 1. The number of aliphatic hydroxyl groups excluding tert-OH is 1. The Kier molecular flexibility index (Phi) is 5.92. The zero-order chi connectivity index (χ0) is 17.7. The first-order valence-corrected chi connectivity index (χ1v) is 7.86. The molecule has 0 heterocycles. The van der Waals surface area contributed by atoms with E-state index in [0.717, 1.165) is 12.8 Å². The predicted octanol–water partition coefficient (Wildman–Crippen LogP) is 1.57. The second kappa shape index (κ2) is 7.92. The van der Waals surface area contributed by atoms with Gasteiger partial charge in [-0.05, 0) is 25.0 Å². The Hall–Kier alpha value is -2.41. The minimum Gasteiger partial charge on any atom is -0.427 e. The van der Waals surface area contributed by atoms with E-state index in [2.05, 4.69) is 5.32 Å². The van der Waals surface area contributed by atoms with Crippen molar-refractivity contribution >= 4 is 17.8 Å². The predicted molar refractivity (Wildman–Crippen MR) is 84.8 cm³/mol. The maximum atomic E-state index is 12.4. The number of hydrogen-bond donors (Lipinski definition) is 2. The lowest BCUT2D eigenvalue weighted by atomic mass is 9.92. The highest BCUT2D eigenvalue weighted by Crippen LogP contribution is 2.24. The molecule has 0 bridgehead atoms. The Bertz CT molecular complexity index is 608. The van der Waals surface area contributed by atoms with E-state index < -0.39 is 23.9 Å². The summed E-state index contributed by atoms with van der Waals surface area (Å²) in [5.74, 6) is -1.32. The maximum Gasteiger partial charge on any atom is 0.308 e. The quantitative estimate of drug-likeness (QED) is 0.640. The van der Waals surface area contributed by atoms with Crippen LogP contribution in [0.3, 0.4) is 0 Å². The van der Waals surface area contributed by atoms with Crippen LogP contribution < -0.4 is 14.8 Å². The van der Waals surface area contributed by atoms with E-state index in [0.29, 0.717) is 12.8 Å². The van der Waals surface area contributed by atoms with Gasteiger partial charge in [0.2, 0.25) is 0 Å². The number of carbonyl (C=O) groups is 3. The van der Waals surface area contributed by atoms with Crippen molar-refractivity contribution in [2.45, 2.75) is 51.7 Å². The summed E-state index contributed by atoms with van der Waals surface area (Å²) < 4.78 is 9.96. The largest absolute Gasteiger partial charge is 0.427 e. The minimum absolute atomic E-state index is 0.107. The highest BCUT2D eigenvalue weighted by molar-refractivity contribution is 5.95. The summed E-state index contributed by atoms with van der Waals surface area (Å²) in [6.45, 7) is 2.47. The molecule has 1 amide bonds. The SMILES string of the molecule is CC(=O)Oc1cc(OC(C)=O)cc(C(=O)NC2CCCCC2O)c1. The standard InChI is InChI=1S/C17H21NO6/c1-10(19)23-13-7-12(8-14(9-13)24-11(2)20)17(22)18-15-5-3-4-6-16(15)21/h7-9,15-16,21H,3-6H2,1-2H3,(H,18,22). The van der Waals surface area contributed by atoms with Crippen LogP contribution in [0.25, 0.3) is 0 Å². The average molecular weight is 335 g/mol. The van der Waals surface area contributed by atoms with Crippen molar-refractivity contribution in [1.29, 1.82) is 0 Å². The van der Waals surface area contributed by atoms with Crippen molar-refractivity contribution in [3.8, 4) is 11.5 Å². The third-order valence-electron chi connectivity index (χ3n) is 3.71. The van der Waals surface area contributed by atoms with Crippen molar-refractivity contribution in [1.82, 2.24) is 5.32 Å². The molecule has 0 saturated heterocycles. The van der Waals surface area contributed by atoms with Crippen molar-refractivity contribution in [3.05, 3.63) is 23.8 Å². The fraction of sp³-hybridized carbons (Fsp3) is 0.471. The molecular formula is C17H21NO6. The molecule has 1 aromatic rings. The molecule has 1 aromatic carbocycles. The molecule has 1 aliphatic carbocycles. The zero-order valence-electron chi connectivity index (χ0n) is 13.7. The molecule has 2 rings (SSSR count). The molecule has 7 nitrogen and oxygen atoms in total. The van der Waals surface area contributed by atoms with E-state index in [4.69, 9.17) is 9.47 Å². The van der Waals surface area contributed by atoms with Crippen molar-refractivity contribution in [2.75, 3.05) is 0 Å². The number of amides is 1. The molecule has 1 aliphatic rings. The number of hydrogen-bond acceptors (Lipinski definition) is 6. The molecular weight excluding hydrogens is 314 g/mol. The summed E-state index contributed by atoms with van der Waals surface area (Å²) in [6.07, 6.45) is 2.65. The highest BCUT2D eigenvalue weighted by Gasteiger charge is 2.25. The van der Waals surface area contributed by atoms with Gasteiger partial charge >= 0.3 is 11.9 Å². The van der Waals surface area contributed by atoms with Gasteiger partial charge in [0.25, 0.3) is 5.91 Å². The molecule has 0 spiro atoms. The van der Waals surface area contributed by atoms with E-state index in [1.54, 1.807) is 0 Å². The number of carbonyl (C=O) groups excluding carboxylic acids is 3. The number of rotatable bonds is 4. The molecule has 2 atom stereocenters. The smallest absolute Gasteiger partial charge is 0.308 e. The van der Waals surface area contributed by atoms with E-state index >= 15 is 0 Å². The Morgan fingerprint density at radius 1 is 1.00 bits per heavy atom. The fourth-order valence-corrected chi connectivity index (χ4v) is 2.68. The van der Waals surface area contributed by atoms with Gasteiger partial charge in [-0.2, -0.15) is 0 Å². The van der Waals surface area contributed by atoms with E-state index in [-0.39, 0.29) is 23.1 Å². The van der Waals surface area contributed by atoms with Gasteiger partial charge in [0.1, 0.15) is 11.5 Å². The minimum atomic E-state index is -0.577. The van der Waals surface area contributed by atoms with Crippen LogP contribution in [0.2, 0.25) is 0 Å². The van der Waals surface area contributed by atoms with Crippen LogP contribution >= 0.6 is 0 Å². The van der Waals surface area contributed by atoms with Gasteiger partial charge < -0.3 is 19.9 Å². The van der Waals surface area contributed by atoms with Crippen LogP contribution in [0.4, 0.5) is 0 Å². The number of ether oxygens (including phenoxy) is 2. The van der Waals surface area contributed by atoms with Crippen LogP contribution in [0, 0.1) is 0 Å². The molecule has 2 N–H and O–H groups in total.